The Balaban J connectivity index is 1.29. The van der Waals surface area contributed by atoms with E-state index in [0.29, 0.717) is 22.8 Å². The number of carbonyl (C=O) groups excluding carboxylic acids is 1. The summed E-state index contributed by atoms with van der Waals surface area (Å²) in [6.45, 7) is -0.00307. The third-order valence-corrected chi connectivity index (χ3v) is 5.33. The second-order valence-electron chi connectivity index (χ2n) is 6.97. The van der Waals surface area contributed by atoms with Gasteiger partial charge in [-0.2, -0.15) is 0 Å². The molecule has 158 valence electrons. The van der Waals surface area contributed by atoms with Crippen molar-refractivity contribution in [3.05, 3.63) is 83.0 Å². The molecule has 32 heavy (non-hydrogen) atoms. The number of anilines is 1. The van der Waals surface area contributed by atoms with E-state index >= 15 is 0 Å². The zero-order valence-electron chi connectivity index (χ0n) is 16.6. The number of nitrogens with one attached hydrogen (secondary N) is 2. The molecule has 8 nitrogen and oxygen atoms in total. The van der Waals surface area contributed by atoms with Gasteiger partial charge in [0.15, 0.2) is 12.4 Å². The number of H-pyrrole nitrogens is 1. The molecule has 0 spiro atoms. The van der Waals surface area contributed by atoms with Crippen LogP contribution in [0.25, 0.3) is 33.5 Å². The van der Waals surface area contributed by atoms with Gasteiger partial charge in [-0.1, -0.05) is 52.3 Å². The number of tetrazole rings is 1. The van der Waals surface area contributed by atoms with E-state index in [1.54, 1.807) is 18.2 Å². The van der Waals surface area contributed by atoms with Crippen LogP contribution in [0.2, 0.25) is 0 Å². The Morgan fingerprint density at radius 2 is 1.91 bits per heavy atom. The first-order valence-corrected chi connectivity index (χ1v) is 10.5. The fourth-order valence-corrected chi connectivity index (χ4v) is 3.72. The molecule has 0 radical (unpaired) electrons. The first-order valence-electron chi connectivity index (χ1n) is 9.71. The van der Waals surface area contributed by atoms with Crippen molar-refractivity contribution < 1.29 is 13.9 Å². The summed E-state index contributed by atoms with van der Waals surface area (Å²) in [7, 11) is 0. The normalized spacial score (nSPS) is 10.9. The molecule has 0 unspecified atom stereocenters. The Labute approximate surface area is 190 Å². The molecule has 2 aromatic heterocycles. The van der Waals surface area contributed by atoms with Gasteiger partial charge in [0.1, 0.15) is 11.3 Å². The highest BCUT2D eigenvalue weighted by Crippen LogP contribution is 2.29. The average molecular weight is 490 g/mol. The second kappa shape index (κ2) is 8.64. The SMILES string of the molecule is O=C(Nc1ccc(Br)cc1-c1nnn[nH]1)OCc1cc2cc(-c3ccccc3)ccc2o1. The number of hydrogen-bond donors (Lipinski definition) is 2. The van der Waals surface area contributed by atoms with Crippen LogP contribution < -0.4 is 5.32 Å². The van der Waals surface area contributed by atoms with Crippen molar-refractivity contribution in [2.45, 2.75) is 6.61 Å². The highest BCUT2D eigenvalue weighted by Gasteiger charge is 2.14. The highest BCUT2D eigenvalue weighted by atomic mass is 79.9. The smallest absolute Gasteiger partial charge is 0.412 e. The molecular weight excluding hydrogens is 474 g/mol. The molecule has 5 aromatic rings. The largest absolute Gasteiger partial charge is 0.457 e. The predicted molar refractivity (Wildman–Crippen MR) is 123 cm³/mol. The van der Waals surface area contributed by atoms with Crippen molar-refractivity contribution >= 4 is 38.7 Å². The van der Waals surface area contributed by atoms with Crippen molar-refractivity contribution in [3.8, 4) is 22.5 Å². The molecule has 0 bridgehead atoms. The number of carbonyl (C=O) groups is 1. The summed E-state index contributed by atoms with van der Waals surface area (Å²) >= 11 is 3.41. The zero-order valence-corrected chi connectivity index (χ0v) is 18.2. The van der Waals surface area contributed by atoms with Crippen molar-refractivity contribution in [1.82, 2.24) is 20.6 Å². The number of aromatic nitrogens is 4. The number of benzene rings is 3. The molecule has 2 heterocycles. The molecular formula is C23H16BrN5O3. The van der Waals surface area contributed by atoms with Crippen LogP contribution in [-0.4, -0.2) is 26.7 Å². The zero-order chi connectivity index (χ0) is 21.9. The van der Waals surface area contributed by atoms with E-state index in [9.17, 15) is 4.79 Å². The van der Waals surface area contributed by atoms with Gasteiger partial charge in [0, 0.05) is 15.4 Å². The Kier molecular flexibility index (Phi) is 5.39. The minimum Gasteiger partial charge on any atom is -0.457 e. The van der Waals surface area contributed by atoms with Gasteiger partial charge in [-0.3, -0.25) is 5.32 Å². The lowest BCUT2D eigenvalue weighted by Crippen LogP contribution is -2.14. The summed E-state index contributed by atoms with van der Waals surface area (Å²) in [5.74, 6) is 0.976. The summed E-state index contributed by atoms with van der Waals surface area (Å²) in [5.41, 5.74) is 4.08. The number of nitrogens with zero attached hydrogens (tertiary/aromatic N) is 3. The van der Waals surface area contributed by atoms with Gasteiger partial charge in [-0.15, -0.1) is 5.10 Å². The first-order chi connectivity index (χ1) is 15.7. The summed E-state index contributed by atoms with van der Waals surface area (Å²) in [5, 5.41) is 17.4. The summed E-state index contributed by atoms with van der Waals surface area (Å²) in [4.78, 5) is 12.4. The van der Waals surface area contributed by atoms with Crippen LogP contribution in [0, 0.1) is 0 Å². The van der Waals surface area contributed by atoms with Crippen LogP contribution >= 0.6 is 15.9 Å². The van der Waals surface area contributed by atoms with Gasteiger partial charge in [0.05, 0.1) is 5.69 Å². The van der Waals surface area contributed by atoms with E-state index < -0.39 is 6.09 Å². The standard InChI is InChI=1S/C23H16BrN5O3/c24-17-7-8-20(19(12-17)22-26-28-29-27-22)25-23(30)31-13-18-11-16-10-15(6-9-21(16)32-18)14-4-2-1-3-5-14/h1-12H,13H2,(H,25,30)(H,26,27,28,29). The number of hydrogen-bond acceptors (Lipinski definition) is 6. The number of furan rings is 1. The molecule has 0 atom stereocenters. The molecule has 2 N–H and O–H groups in total. The van der Waals surface area contributed by atoms with E-state index in [1.807, 2.05) is 36.4 Å². The molecule has 9 heteroatoms. The van der Waals surface area contributed by atoms with Crippen LogP contribution in [0.15, 0.2) is 81.7 Å². The topological polar surface area (TPSA) is 106 Å². The fraction of sp³-hybridized carbons (Fsp3) is 0.0435. The van der Waals surface area contributed by atoms with Crippen LogP contribution in [0.5, 0.6) is 0 Å². The average Bonchev–Trinajstić information content (AvgIpc) is 3.49. The Morgan fingerprint density at radius 3 is 2.72 bits per heavy atom. The number of aromatic amines is 1. The fourth-order valence-electron chi connectivity index (χ4n) is 3.36. The first kappa shape index (κ1) is 20.0. The molecule has 5 rings (SSSR count). The number of halogens is 1. The van der Waals surface area contributed by atoms with Crippen LogP contribution in [0.4, 0.5) is 10.5 Å². The number of amides is 1. The number of ether oxygens (including phenoxy) is 1. The molecule has 0 aliphatic rings. The van der Waals surface area contributed by atoms with E-state index in [4.69, 9.17) is 9.15 Å². The number of fused-ring (bicyclic) bond motifs is 1. The van der Waals surface area contributed by atoms with Gasteiger partial charge in [0.25, 0.3) is 0 Å². The van der Waals surface area contributed by atoms with Crippen LogP contribution in [0.3, 0.4) is 0 Å². The van der Waals surface area contributed by atoms with Crippen molar-refractivity contribution in [3.63, 3.8) is 0 Å². The third kappa shape index (κ3) is 4.23. The minimum absolute atomic E-state index is 0.00307. The Hall–Kier alpha value is -3.98. The summed E-state index contributed by atoms with van der Waals surface area (Å²) in [6, 6.07) is 23.3. The summed E-state index contributed by atoms with van der Waals surface area (Å²) in [6.07, 6.45) is -0.619. The summed E-state index contributed by atoms with van der Waals surface area (Å²) < 4.78 is 12.0. The van der Waals surface area contributed by atoms with Gasteiger partial charge < -0.3 is 9.15 Å². The number of rotatable bonds is 5. The minimum atomic E-state index is -0.619. The molecule has 3 aromatic carbocycles. The Bertz CT molecular complexity index is 1380. The van der Waals surface area contributed by atoms with Crippen LogP contribution in [0.1, 0.15) is 5.76 Å². The molecule has 0 saturated carbocycles. The van der Waals surface area contributed by atoms with Gasteiger partial charge >= 0.3 is 6.09 Å². The maximum absolute atomic E-state index is 12.4. The maximum Gasteiger partial charge on any atom is 0.412 e. The van der Waals surface area contributed by atoms with Crippen LogP contribution in [-0.2, 0) is 11.3 Å². The molecule has 0 aliphatic carbocycles. The highest BCUT2D eigenvalue weighted by molar-refractivity contribution is 9.10. The lowest BCUT2D eigenvalue weighted by Gasteiger charge is -2.09. The van der Waals surface area contributed by atoms with E-state index in [1.165, 1.54) is 0 Å². The van der Waals surface area contributed by atoms with Crippen molar-refractivity contribution in [2.75, 3.05) is 5.32 Å². The van der Waals surface area contributed by atoms with E-state index in [2.05, 4.69) is 60.1 Å². The maximum atomic E-state index is 12.4. The second-order valence-corrected chi connectivity index (χ2v) is 7.89. The molecule has 0 saturated heterocycles. The van der Waals surface area contributed by atoms with Crippen molar-refractivity contribution in [1.29, 1.82) is 0 Å². The predicted octanol–water partition coefficient (Wildman–Crippen LogP) is 5.79. The van der Waals surface area contributed by atoms with Gasteiger partial charge in [-0.25, -0.2) is 9.89 Å². The lowest BCUT2D eigenvalue weighted by molar-refractivity contribution is 0.147. The van der Waals surface area contributed by atoms with Gasteiger partial charge in [0.2, 0.25) is 0 Å². The Morgan fingerprint density at radius 1 is 1.03 bits per heavy atom. The monoisotopic (exact) mass is 489 g/mol. The molecule has 1 amide bonds. The lowest BCUT2D eigenvalue weighted by atomic mass is 10.0. The van der Waals surface area contributed by atoms with Gasteiger partial charge in [-0.05, 0) is 58.0 Å². The molecule has 0 aliphatic heterocycles. The third-order valence-electron chi connectivity index (χ3n) is 4.84. The van der Waals surface area contributed by atoms with E-state index in [-0.39, 0.29) is 6.61 Å². The quantitative estimate of drug-likeness (QED) is 0.323. The van der Waals surface area contributed by atoms with Crippen molar-refractivity contribution in [2.24, 2.45) is 0 Å². The molecule has 0 fully saturated rings. The van der Waals surface area contributed by atoms with E-state index in [0.717, 1.165) is 26.6 Å².